The van der Waals surface area contributed by atoms with Crippen molar-refractivity contribution in [3.05, 3.63) is 41.0 Å². The summed E-state index contributed by atoms with van der Waals surface area (Å²) in [6.45, 7) is 2.36. The number of carbonyl (C=O) groups excluding carboxylic acids is 1. The summed E-state index contributed by atoms with van der Waals surface area (Å²) in [4.78, 5) is 11.7. The number of ether oxygens (including phenoxy) is 1. The predicted molar refractivity (Wildman–Crippen MR) is 70.4 cm³/mol. The van der Waals surface area contributed by atoms with Gasteiger partial charge < -0.3 is 9.84 Å². The lowest BCUT2D eigenvalue weighted by atomic mass is 9.88. The first kappa shape index (κ1) is 12.8. The first-order valence-corrected chi connectivity index (χ1v) is 6.36. The molecule has 18 heavy (non-hydrogen) atoms. The predicted octanol–water partition coefficient (Wildman–Crippen LogP) is 2.58. The molecule has 3 nitrogen and oxygen atoms in total. The Hall–Kier alpha value is -1.61. The smallest absolute Gasteiger partial charge is 0.338 e. The maximum absolute atomic E-state index is 11.7. The van der Waals surface area contributed by atoms with Gasteiger partial charge in [-0.3, -0.25) is 0 Å². The Kier molecular flexibility index (Phi) is 4.15. The lowest BCUT2D eigenvalue weighted by Crippen LogP contribution is -2.08. The maximum atomic E-state index is 11.7. The average molecular weight is 246 g/mol. The number of hydrogen-bond acceptors (Lipinski definition) is 3. The molecule has 0 aliphatic heterocycles. The van der Waals surface area contributed by atoms with E-state index in [4.69, 9.17) is 9.84 Å². The molecule has 0 saturated carbocycles. The number of allylic oxidation sites excluding steroid dienone is 1. The van der Waals surface area contributed by atoms with Crippen molar-refractivity contribution in [1.82, 2.24) is 0 Å². The second-order valence-electron chi connectivity index (χ2n) is 4.33. The van der Waals surface area contributed by atoms with E-state index < -0.39 is 0 Å². The highest BCUT2D eigenvalue weighted by molar-refractivity contribution is 5.90. The third-order valence-corrected chi connectivity index (χ3v) is 3.15. The van der Waals surface area contributed by atoms with Gasteiger partial charge in [-0.05, 0) is 55.0 Å². The van der Waals surface area contributed by atoms with Crippen LogP contribution in [0, 0.1) is 0 Å². The molecule has 2 rings (SSSR count). The van der Waals surface area contributed by atoms with Crippen LogP contribution in [0.2, 0.25) is 0 Å². The van der Waals surface area contributed by atoms with Gasteiger partial charge in [0, 0.05) is 6.61 Å². The van der Waals surface area contributed by atoms with Gasteiger partial charge in [-0.1, -0.05) is 12.1 Å². The Labute approximate surface area is 107 Å². The number of aryl methyl sites for hydroxylation is 1. The van der Waals surface area contributed by atoms with E-state index in [9.17, 15) is 4.79 Å². The molecule has 1 aliphatic carbocycles. The normalized spacial score (nSPS) is 13.8. The van der Waals surface area contributed by atoms with Crippen molar-refractivity contribution in [2.75, 3.05) is 13.2 Å². The van der Waals surface area contributed by atoms with Crippen molar-refractivity contribution in [3.63, 3.8) is 0 Å². The highest BCUT2D eigenvalue weighted by atomic mass is 16.5. The third-order valence-electron chi connectivity index (χ3n) is 3.15. The standard InChI is InChI=1S/C15H18O3/c1-2-18-15(17)13-6-7-14-11(8-9-16)4-3-5-12(14)10-13/h4,6-7,10,16H,2-3,5,8-9H2,1H3. The molecule has 0 unspecified atom stereocenters. The Bertz CT molecular complexity index is 475. The van der Waals surface area contributed by atoms with E-state index in [1.807, 2.05) is 12.1 Å². The molecule has 3 heteroatoms. The number of esters is 1. The monoisotopic (exact) mass is 246 g/mol. The van der Waals surface area contributed by atoms with Crippen LogP contribution in [-0.2, 0) is 11.2 Å². The number of benzene rings is 1. The molecular weight excluding hydrogens is 228 g/mol. The van der Waals surface area contributed by atoms with Crippen LogP contribution in [0.15, 0.2) is 24.3 Å². The maximum Gasteiger partial charge on any atom is 0.338 e. The van der Waals surface area contributed by atoms with Crippen molar-refractivity contribution < 1.29 is 14.6 Å². The molecule has 0 amide bonds. The van der Waals surface area contributed by atoms with E-state index >= 15 is 0 Å². The second kappa shape index (κ2) is 5.83. The Balaban J connectivity index is 2.28. The SMILES string of the molecule is CCOC(=O)c1ccc2c(c1)CCC=C2CCO. The largest absolute Gasteiger partial charge is 0.462 e. The van der Waals surface area contributed by atoms with Crippen molar-refractivity contribution in [3.8, 4) is 0 Å². The Morgan fingerprint density at radius 2 is 2.28 bits per heavy atom. The summed E-state index contributed by atoms with van der Waals surface area (Å²) in [6, 6.07) is 5.67. The highest BCUT2D eigenvalue weighted by Crippen LogP contribution is 2.29. The van der Waals surface area contributed by atoms with Gasteiger partial charge in [0.15, 0.2) is 0 Å². The van der Waals surface area contributed by atoms with Crippen molar-refractivity contribution in [1.29, 1.82) is 0 Å². The first-order chi connectivity index (χ1) is 8.76. The fraction of sp³-hybridized carbons (Fsp3) is 0.400. The van der Waals surface area contributed by atoms with Crippen LogP contribution >= 0.6 is 0 Å². The van der Waals surface area contributed by atoms with Crippen LogP contribution in [0.25, 0.3) is 5.57 Å². The molecule has 1 aromatic rings. The minimum absolute atomic E-state index is 0.158. The zero-order valence-electron chi connectivity index (χ0n) is 10.6. The van der Waals surface area contributed by atoms with E-state index in [0.29, 0.717) is 18.6 Å². The molecule has 0 fully saturated rings. The summed E-state index contributed by atoms with van der Waals surface area (Å²) in [5, 5.41) is 9.04. The van der Waals surface area contributed by atoms with Crippen LogP contribution in [0.3, 0.4) is 0 Å². The molecule has 1 N–H and O–H groups in total. The lowest BCUT2D eigenvalue weighted by molar-refractivity contribution is 0.0526. The van der Waals surface area contributed by atoms with Gasteiger partial charge in [0.1, 0.15) is 0 Å². The molecule has 0 spiro atoms. The fourth-order valence-corrected chi connectivity index (χ4v) is 2.32. The number of aliphatic hydroxyl groups is 1. The number of rotatable bonds is 4. The first-order valence-electron chi connectivity index (χ1n) is 6.36. The third kappa shape index (κ3) is 2.62. The van der Waals surface area contributed by atoms with E-state index in [2.05, 4.69) is 6.08 Å². The van der Waals surface area contributed by atoms with E-state index in [1.54, 1.807) is 13.0 Å². The van der Waals surface area contributed by atoms with Gasteiger partial charge in [-0.25, -0.2) is 4.79 Å². The lowest BCUT2D eigenvalue weighted by Gasteiger charge is -2.18. The minimum Gasteiger partial charge on any atom is -0.462 e. The zero-order valence-corrected chi connectivity index (χ0v) is 10.6. The molecule has 0 atom stereocenters. The number of fused-ring (bicyclic) bond motifs is 1. The topological polar surface area (TPSA) is 46.5 Å². The Morgan fingerprint density at radius 3 is 3.00 bits per heavy atom. The van der Waals surface area contributed by atoms with E-state index in [-0.39, 0.29) is 12.6 Å². The van der Waals surface area contributed by atoms with Crippen molar-refractivity contribution in [2.24, 2.45) is 0 Å². The van der Waals surface area contributed by atoms with Crippen LogP contribution in [0.4, 0.5) is 0 Å². The number of aliphatic hydroxyl groups excluding tert-OH is 1. The quantitative estimate of drug-likeness (QED) is 0.830. The van der Waals surface area contributed by atoms with Gasteiger partial charge in [0.05, 0.1) is 12.2 Å². The van der Waals surface area contributed by atoms with Gasteiger partial charge >= 0.3 is 5.97 Å². The number of carbonyl (C=O) groups is 1. The van der Waals surface area contributed by atoms with Gasteiger partial charge in [-0.15, -0.1) is 0 Å². The summed E-state index contributed by atoms with van der Waals surface area (Å²) in [5.74, 6) is -0.265. The molecule has 0 aromatic heterocycles. The summed E-state index contributed by atoms with van der Waals surface area (Å²) < 4.78 is 5.00. The molecular formula is C15H18O3. The van der Waals surface area contributed by atoms with Crippen LogP contribution in [0.1, 0.15) is 41.3 Å². The minimum atomic E-state index is -0.265. The van der Waals surface area contributed by atoms with Crippen LogP contribution in [-0.4, -0.2) is 24.3 Å². The molecule has 0 saturated heterocycles. The number of hydrogen-bond donors (Lipinski definition) is 1. The molecule has 1 aromatic carbocycles. The van der Waals surface area contributed by atoms with Crippen LogP contribution < -0.4 is 0 Å². The highest BCUT2D eigenvalue weighted by Gasteiger charge is 2.15. The second-order valence-corrected chi connectivity index (χ2v) is 4.33. The summed E-state index contributed by atoms with van der Waals surface area (Å²) in [7, 11) is 0. The summed E-state index contributed by atoms with van der Waals surface area (Å²) >= 11 is 0. The van der Waals surface area contributed by atoms with Crippen LogP contribution in [0.5, 0.6) is 0 Å². The van der Waals surface area contributed by atoms with Crippen molar-refractivity contribution >= 4 is 11.5 Å². The van der Waals surface area contributed by atoms with Gasteiger partial charge in [0.25, 0.3) is 0 Å². The van der Waals surface area contributed by atoms with Gasteiger partial charge in [0.2, 0.25) is 0 Å². The molecule has 0 heterocycles. The van der Waals surface area contributed by atoms with Crippen molar-refractivity contribution in [2.45, 2.75) is 26.2 Å². The fourth-order valence-electron chi connectivity index (χ4n) is 2.32. The van der Waals surface area contributed by atoms with Gasteiger partial charge in [-0.2, -0.15) is 0 Å². The van der Waals surface area contributed by atoms with E-state index in [0.717, 1.165) is 18.4 Å². The van der Waals surface area contributed by atoms with E-state index in [1.165, 1.54) is 11.1 Å². The summed E-state index contributed by atoms with van der Waals surface area (Å²) in [5.41, 5.74) is 4.12. The molecule has 96 valence electrons. The average Bonchev–Trinajstić information content (AvgIpc) is 2.39. The molecule has 0 bridgehead atoms. The Morgan fingerprint density at radius 1 is 1.44 bits per heavy atom. The molecule has 1 aliphatic rings. The molecule has 0 radical (unpaired) electrons. The summed E-state index contributed by atoms with van der Waals surface area (Å²) in [6.07, 6.45) is 4.75. The zero-order chi connectivity index (χ0) is 13.0.